The van der Waals surface area contributed by atoms with Crippen molar-refractivity contribution in [1.29, 1.82) is 0 Å². The summed E-state index contributed by atoms with van der Waals surface area (Å²) in [6.45, 7) is 7.37. The smallest absolute Gasteiger partial charge is 0.0634 e. The maximum absolute atomic E-state index is 9.08. The van der Waals surface area contributed by atoms with Crippen molar-refractivity contribution in [3.05, 3.63) is 29.0 Å². The highest BCUT2D eigenvalue weighted by Gasteiger charge is 2.23. The van der Waals surface area contributed by atoms with E-state index in [9.17, 15) is 0 Å². The van der Waals surface area contributed by atoms with Crippen LogP contribution in [0.2, 0.25) is 5.02 Å². The van der Waals surface area contributed by atoms with Crippen molar-refractivity contribution >= 4 is 11.6 Å². The van der Waals surface area contributed by atoms with Gasteiger partial charge in [-0.15, -0.1) is 0 Å². The first kappa shape index (κ1) is 14.4. The molecule has 0 spiro atoms. The van der Waals surface area contributed by atoms with Crippen molar-refractivity contribution in [2.75, 3.05) is 6.61 Å². The average molecular weight is 257 g/mol. The van der Waals surface area contributed by atoms with E-state index < -0.39 is 0 Å². The number of nitrogens with one attached hydrogen (secondary N) is 1. The summed E-state index contributed by atoms with van der Waals surface area (Å²) in [5.74, 6) is 0. The molecule has 0 aliphatic heterocycles. The number of nitrogens with zero attached hydrogens (tertiary/aromatic N) is 1. The third kappa shape index (κ3) is 4.62. The molecule has 0 amide bonds. The summed E-state index contributed by atoms with van der Waals surface area (Å²) in [6.07, 6.45) is 4.13. The molecule has 1 rings (SSSR count). The number of rotatable bonds is 5. The lowest BCUT2D eigenvalue weighted by Gasteiger charge is -2.31. The number of hydrogen-bond donors (Lipinski definition) is 2. The van der Waals surface area contributed by atoms with Gasteiger partial charge in [-0.1, -0.05) is 32.4 Å². The van der Waals surface area contributed by atoms with Crippen LogP contribution in [0.3, 0.4) is 0 Å². The summed E-state index contributed by atoms with van der Waals surface area (Å²) in [6, 6.07) is 2.17. The van der Waals surface area contributed by atoms with Crippen molar-refractivity contribution in [2.45, 2.75) is 39.8 Å². The molecular formula is C13H21ClN2O. The van der Waals surface area contributed by atoms with Crippen molar-refractivity contribution < 1.29 is 5.11 Å². The molecule has 1 aromatic rings. The third-order valence-electron chi connectivity index (χ3n) is 2.86. The first-order valence-corrected chi connectivity index (χ1v) is 6.25. The predicted octanol–water partition coefficient (Wildman–Crippen LogP) is 2.62. The molecule has 96 valence electrons. The molecule has 0 fully saturated rings. The average Bonchev–Trinajstić information content (AvgIpc) is 2.24. The van der Waals surface area contributed by atoms with Crippen molar-refractivity contribution in [1.82, 2.24) is 10.3 Å². The second-order valence-electron chi connectivity index (χ2n) is 5.28. The van der Waals surface area contributed by atoms with E-state index in [4.69, 9.17) is 16.7 Å². The predicted molar refractivity (Wildman–Crippen MR) is 71.0 cm³/mol. The zero-order valence-corrected chi connectivity index (χ0v) is 11.5. The number of hydrogen-bond acceptors (Lipinski definition) is 3. The molecule has 0 saturated carbocycles. The molecule has 0 bridgehead atoms. The lowest BCUT2D eigenvalue weighted by atomic mass is 9.85. The van der Waals surface area contributed by atoms with Gasteiger partial charge in [0.2, 0.25) is 0 Å². The fourth-order valence-corrected chi connectivity index (χ4v) is 1.94. The van der Waals surface area contributed by atoms with Gasteiger partial charge in [0, 0.05) is 31.6 Å². The molecule has 0 aliphatic rings. The Morgan fingerprint density at radius 2 is 2.18 bits per heavy atom. The van der Waals surface area contributed by atoms with Crippen LogP contribution in [0, 0.1) is 5.41 Å². The minimum atomic E-state index is 0.113. The van der Waals surface area contributed by atoms with E-state index in [1.165, 1.54) is 0 Å². The number of aliphatic hydroxyl groups is 1. The van der Waals surface area contributed by atoms with Gasteiger partial charge in [0.05, 0.1) is 5.02 Å². The Morgan fingerprint density at radius 1 is 1.47 bits per heavy atom. The van der Waals surface area contributed by atoms with Gasteiger partial charge in [-0.3, -0.25) is 4.98 Å². The van der Waals surface area contributed by atoms with Crippen LogP contribution in [0.4, 0.5) is 0 Å². The maximum Gasteiger partial charge on any atom is 0.0634 e. The zero-order chi connectivity index (χ0) is 12.9. The Balaban J connectivity index is 2.61. The Labute approximate surface area is 108 Å². The SMILES string of the molecule is CC(C)(C)C(CCO)NCc1ccncc1Cl. The highest BCUT2D eigenvalue weighted by Crippen LogP contribution is 2.22. The summed E-state index contributed by atoms with van der Waals surface area (Å²) in [7, 11) is 0. The van der Waals surface area contributed by atoms with Crippen LogP contribution in [0.15, 0.2) is 18.5 Å². The maximum atomic E-state index is 9.08. The van der Waals surface area contributed by atoms with E-state index >= 15 is 0 Å². The fraction of sp³-hybridized carbons (Fsp3) is 0.615. The topological polar surface area (TPSA) is 45.1 Å². The van der Waals surface area contributed by atoms with Gasteiger partial charge >= 0.3 is 0 Å². The van der Waals surface area contributed by atoms with Crippen molar-refractivity contribution in [2.24, 2.45) is 5.41 Å². The van der Waals surface area contributed by atoms with E-state index in [1.807, 2.05) is 6.07 Å². The Hall–Kier alpha value is -0.640. The molecule has 1 unspecified atom stereocenters. The lowest BCUT2D eigenvalue weighted by molar-refractivity contribution is 0.196. The van der Waals surface area contributed by atoms with Crippen LogP contribution in [0.1, 0.15) is 32.8 Å². The summed E-state index contributed by atoms with van der Waals surface area (Å²) in [5.41, 5.74) is 1.15. The Bertz CT molecular complexity index is 350. The molecule has 0 aromatic carbocycles. The molecule has 4 heteroatoms. The van der Waals surface area contributed by atoms with Gasteiger partial charge in [-0.2, -0.15) is 0 Å². The molecule has 0 aliphatic carbocycles. The van der Waals surface area contributed by atoms with Gasteiger partial charge in [0.1, 0.15) is 0 Å². The fourth-order valence-electron chi connectivity index (χ4n) is 1.75. The van der Waals surface area contributed by atoms with E-state index in [2.05, 4.69) is 31.1 Å². The molecule has 17 heavy (non-hydrogen) atoms. The minimum absolute atomic E-state index is 0.113. The quantitative estimate of drug-likeness (QED) is 0.851. The minimum Gasteiger partial charge on any atom is -0.396 e. The molecule has 1 aromatic heterocycles. The number of pyridine rings is 1. The lowest BCUT2D eigenvalue weighted by Crippen LogP contribution is -2.40. The van der Waals surface area contributed by atoms with Gasteiger partial charge in [0.15, 0.2) is 0 Å². The van der Waals surface area contributed by atoms with E-state index in [1.54, 1.807) is 12.4 Å². The van der Waals surface area contributed by atoms with Crippen LogP contribution < -0.4 is 5.32 Å². The number of aromatic nitrogens is 1. The van der Waals surface area contributed by atoms with Crippen LogP contribution >= 0.6 is 11.6 Å². The van der Waals surface area contributed by atoms with E-state index in [-0.39, 0.29) is 18.1 Å². The van der Waals surface area contributed by atoms with E-state index in [0.29, 0.717) is 11.6 Å². The summed E-state index contributed by atoms with van der Waals surface area (Å²) in [5, 5.41) is 13.2. The van der Waals surface area contributed by atoms with Gasteiger partial charge < -0.3 is 10.4 Å². The molecule has 1 atom stereocenters. The Kier molecular flexibility index (Phi) is 5.37. The number of halogens is 1. The Morgan fingerprint density at radius 3 is 2.71 bits per heavy atom. The molecule has 0 saturated heterocycles. The van der Waals surface area contributed by atoms with Gasteiger partial charge in [0.25, 0.3) is 0 Å². The van der Waals surface area contributed by atoms with Crippen molar-refractivity contribution in [3.8, 4) is 0 Å². The third-order valence-corrected chi connectivity index (χ3v) is 3.20. The standard InChI is InChI=1S/C13H21ClN2O/c1-13(2,3)12(5-7-17)16-8-10-4-6-15-9-11(10)14/h4,6,9,12,16-17H,5,7-8H2,1-3H3. The highest BCUT2D eigenvalue weighted by atomic mass is 35.5. The van der Waals surface area contributed by atoms with Gasteiger partial charge in [-0.05, 0) is 23.5 Å². The first-order chi connectivity index (χ1) is 7.95. The highest BCUT2D eigenvalue weighted by molar-refractivity contribution is 6.31. The second kappa shape index (κ2) is 6.34. The summed E-state index contributed by atoms with van der Waals surface area (Å²) in [4.78, 5) is 3.96. The van der Waals surface area contributed by atoms with Crippen LogP contribution in [-0.2, 0) is 6.54 Å². The monoisotopic (exact) mass is 256 g/mol. The molecular weight excluding hydrogens is 236 g/mol. The summed E-state index contributed by atoms with van der Waals surface area (Å²) < 4.78 is 0. The summed E-state index contributed by atoms with van der Waals surface area (Å²) >= 11 is 6.05. The van der Waals surface area contributed by atoms with Crippen LogP contribution in [-0.4, -0.2) is 22.7 Å². The molecule has 3 nitrogen and oxygen atoms in total. The van der Waals surface area contributed by atoms with E-state index in [0.717, 1.165) is 12.0 Å². The van der Waals surface area contributed by atoms with Crippen LogP contribution in [0.25, 0.3) is 0 Å². The first-order valence-electron chi connectivity index (χ1n) is 5.87. The second-order valence-corrected chi connectivity index (χ2v) is 5.69. The molecule has 1 heterocycles. The zero-order valence-electron chi connectivity index (χ0n) is 10.7. The largest absolute Gasteiger partial charge is 0.396 e. The molecule has 2 N–H and O–H groups in total. The molecule has 0 radical (unpaired) electrons. The van der Waals surface area contributed by atoms with Crippen molar-refractivity contribution in [3.63, 3.8) is 0 Å². The normalized spacial score (nSPS) is 13.7. The van der Waals surface area contributed by atoms with Crippen LogP contribution in [0.5, 0.6) is 0 Å². The number of aliphatic hydroxyl groups excluding tert-OH is 1. The van der Waals surface area contributed by atoms with Gasteiger partial charge in [-0.25, -0.2) is 0 Å².